The summed E-state index contributed by atoms with van der Waals surface area (Å²) in [4.78, 5) is 23.3. The summed E-state index contributed by atoms with van der Waals surface area (Å²) >= 11 is 0. The Kier molecular flexibility index (Phi) is 6.14. The first-order valence-electron chi connectivity index (χ1n) is 7.63. The van der Waals surface area contributed by atoms with Crippen molar-refractivity contribution in [3.8, 4) is 6.07 Å². The third-order valence-electron chi connectivity index (χ3n) is 3.56. The van der Waals surface area contributed by atoms with Crippen LogP contribution in [0, 0.1) is 11.3 Å². The van der Waals surface area contributed by atoms with E-state index in [0.29, 0.717) is 0 Å². The second kappa shape index (κ2) is 8.31. The molecule has 8 nitrogen and oxygen atoms in total. The van der Waals surface area contributed by atoms with Gasteiger partial charge in [0.25, 0.3) is 0 Å². The van der Waals surface area contributed by atoms with Gasteiger partial charge < -0.3 is 15.5 Å². The van der Waals surface area contributed by atoms with Gasteiger partial charge in [0.05, 0.1) is 23.8 Å². The van der Waals surface area contributed by atoms with Crippen molar-refractivity contribution in [2.24, 2.45) is 5.73 Å². The van der Waals surface area contributed by atoms with Gasteiger partial charge in [0.15, 0.2) is 15.9 Å². The maximum absolute atomic E-state index is 12.2. The van der Waals surface area contributed by atoms with E-state index in [2.05, 4.69) is 5.32 Å². The molecule has 2 aromatic rings. The number of nitrogens with zero attached hydrogens (tertiary/aromatic N) is 1. The SMILES string of the molecule is N#C[C@@H](NC(=O)CCS(=O)(=O)Cc1ccccc1C(N)=O)c1ccco1. The summed E-state index contributed by atoms with van der Waals surface area (Å²) in [6, 6.07) is 10.1. The summed E-state index contributed by atoms with van der Waals surface area (Å²) in [5.74, 6) is -1.88. The molecule has 1 aromatic heterocycles. The lowest BCUT2D eigenvalue weighted by Gasteiger charge is -2.10. The van der Waals surface area contributed by atoms with Crippen LogP contribution in [0.5, 0.6) is 0 Å². The highest BCUT2D eigenvalue weighted by molar-refractivity contribution is 7.90. The molecule has 2 amide bonds. The summed E-state index contributed by atoms with van der Waals surface area (Å²) in [6.45, 7) is 0. The molecule has 1 heterocycles. The fraction of sp³-hybridized carbons (Fsp3) is 0.235. The molecule has 0 unspecified atom stereocenters. The molecule has 3 N–H and O–H groups in total. The minimum atomic E-state index is -3.66. The number of nitrogens with two attached hydrogens (primary N) is 1. The normalized spacial score (nSPS) is 12.1. The van der Waals surface area contributed by atoms with Crippen LogP contribution in [0.2, 0.25) is 0 Å². The molecular formula is C17H17N3O5S. The summed E-state index contributed by atoms with van der Waals surface area (Å²) in [5.41, 5.74) is 5.65. The number of amides is 2. The Morgan fingerprint density at radius 1 is 1.23 bits per heavy atom. The van der Waals surface area contributed by atoms with Gasteiger partial charge in [-0.25, -0.2) is 8.42 Å². The first-order valence-corrected chi connectivity index (χ1v) is 9.45. The van der Waals surface area contributed by atoms with Crippen LogP contribution in [0.4, 0.5) is 0 Å². The number of carbonyl (C=O) groups excluding carboxylic acids is 2. The van der Waals surface area contributed by atoms with Crippen LogP contribution in [0.25, 0.3) is 0 Å². The van der Waals surface area contributed by atoms with E-state index in [9.17, 15) is 18.0 Å². The van der Waals surface area contributed by atoms with Crippen LogP contribution in [0.1, 0.15) is 34.1 Å². The van der Waals surface area contributed by atoms with E-state index in [-0.39, 0.29) is 23.3 Å². The summed E-state index contributed by atoms with van der Waals surface area (Å²) in [6.07, 6.45) is 1.05. The average molecular weight is 375 g/mol. The van der Waals surface area contributed by atoms with E-state index in [1.165, 1.54) is 24.5 Å². The Balaban J connectivity index is 1.97. The first kappa shape index (κ1) is 19.2. The maximum Gasteiger partial charge on any atom is 0.249 e. The van der Waals surface area contributed by atoms with Crippen molar-refractivity contribution < 1.29 is 22.4 Å². The van der Waals surface area contributed by atoms with Gasteiger partial charge in [-0.05, 0) is 23.8 Å². The van der Waals surface area contributed by atoms with Crippen molar-refractivity contribution in [1.29, 1.82) is 5.26 Å². The summed E-state index contributed by atoms with van der Waals surface area (Å²) < 4.78 is 29.5. The van der Waals surface area contributed by atoms with E-state index in [4.69, 9.17) is 15.4 Å². The number of nitriles is 1. The van der Waals surface area contributed by atoms with Crippen LogP contribution in [0.15, 0.2) is 47.1 Å². The van der Waals surface area contributed by atoms with E-state index >= 15 is 0 Å². The molecule has 2 rings (SSSR count). The van der Waals surface area contributed by atoms with Crippen molar-refractivity contribution in [3.05, 3.63) is 59.5 Å². The van der Waals surface area contributed by atoms with Gasteiger partial charge in [0, 0.05) is 12.0 Å². The predicted octanol–water partition coefficient (Wildman–Crippen LogP) is 1.06. The fourth-order valence-electron chi connectivity index (χ4n) is 2.30. The third kappa shape index (κ3) is 5.19. The number of nitrogens with one attached hydrogen (secondary N) is 1. The average Bonchev–Trinajstić information content (AvgIpc) is 3.12. The molecule has 26 heavy (non-hydrogen) atoms. The smallest absolute Gasteiger partial charge is 0.249 e. The highest BCUT2D eigenvalue weighted by Crippen LogP contribution is 2.15. The molecule has 0 aliphatic heterocycles. The van der Waals surface area contributed by atoms with E-state index in [1.54, 1.807) is 18.2 Å². The number of sulfone groups is 1. The lowest BCUT2D eigenvalue weighted by molar-refractivity contribution is -0.121. The second-order valence-corrected chi connectivity index (χ2v) is 7.69. The van der Waals surface area contributed by atoms with Crippen LogP contribution in [0.3, 0.4) is 0 Å². The summed E-state index contributed by atoms with van der Waals surface area (Å²) in [5, 5.41) is 11.5. The van der Waals surface area contributed by atoms with Crippen molar-refractivity contribution in [2.75, 3.05) is 5.75 Å². The molecule has 0 radical (unpaired) electrons. The maximum atomic E-state index is 12.2. The number of hydrogen-bond acceptors (Lipinski definition) is 6. The quantitative estimate of drug-likeness (QED) is 0.706. The number of hydrogen-bond donors (Lipinski definition) is 2. The standard InChI is InChI=1S/C17H17N3O5S/c18-10-14(15-6-3-8-25-15)20-16(21)7-9-26(23,24)11-12-4-1-2-5-13(12)17(19)22/h1-6,8,14H,7,9,11H2,(H2,19,22)(H,20,21)/t14-/m1/s1. The summed E-state index contributed by atoms with van der Waals surface area (Å²) in [7, 11) is -3.66. The third-order valence-corrected chi connectivity index (χ3v) is 5.14. The molecule has 9 heteroatoms. The molecule has 0 bridgehead atoms. The topological polar surface area (TPSA) is 143 Å². The molecule has 0 aliphatic rings. The molecule has 0 aliphatic carbocycles. The number of rotatable bonds is 8. The highest BCUT2D eigenvalue weighted by Gasteiger charge is 2.20. The van der Waals surface area contributed by atoms with Crippen molar-refractivity contribution in [1.82, 2.24) is 5.32 Å². The molecule has 136 valence electrons. The van der Waals surface area contributed by atoms with Crippen molar-refractivity contribution in [2.45, 2.75) is 18.2 Å². The Hall–Kier alpha value is -3.12. The van der Waals surface area contributed by atoms with Gasteiger partial charge in [0.2, 0.25) is 11.8 Å². The minimum Gasteiger partial charge on any atom is -0.466 e. The van der Waals surface area contributed by atoms with Gasteiger partial charge in [-0.2, -0.15) is 5.26 Å². The van der Waals surface area contributed by atoms with Crippen molar-refractivity contribution >= 4 is 21.7 Å². The van der Waals surface area contributed by atoms with Crippen LogP contribution >= 0.6 is 0 Å². The Labute approximate surface area is 150 Å². The highest BCUT2D eigenvalue weighted by atomic mass is 32.2. The zero-order valence-corrected chi connectivity index (χ0v) is 14.5. The minimum absolute atomic E-state index is 0.128. The van der Waals surface area contributed by atoms with Gasteiger partial charge in [-0.1, -0.05) is 18.2 Å². The number of benzene rings is 1. The Morgan fingerprint density at radius 3 is 2.58 bits per heavy atom. The molecule has 0 spiro atoms. The zero-order chi connectivity index (χ0) is 19.2. The van der Waals surface area contributed by atoms with Gasteiger partial charge in [-0.3, -0.25) is 9.59 Å². The predicted molar refractivity (Wildman–Crippen MR) is 92.3 cm³/mol. The number of primary amides is 1. The number of carbonyl (C=O) groups is 2. The Morgan fingerprint density at radius 2 is 1.96 bits per heavy atom. The van der Waals surface area contributed by atoms with Crippen LogP contribution < -0.4 is 11.1 Å². The molecule has 1 atom stereocenters. The van der Waals surface area contributed by atoms with E-state index in [0.717, 1.165) is 0 Å². The zero-order valence-electron chi connectivity index (χ0n) is 13.7. The lowest BCUT2D eigenvalue weighted by Crippen LogP contribution is -2.29. The number of furan rings is 1. The van der Waals surface area contributed by atoms with Crippen LogP contribution in [-0.2, 0) is 20.4 Å². The van der Waals surface area contributed by atoms with E-state index < -0.39 is 39.2 Å². The molecule has 0 fully saturated rings. The fourth-order valence-corrected chi connectivity index (χ4v) is 3.67. The Bertz CT molecular complexity index is 930. The van der Waals surface area contributed by atoms with Crippen LogP contribution in [-0.4, -0.2) is 26.0 Å². The first-order chi connectivity index (χ1) is 12.3. The molecule has 0 saturated heterocycles. The second-order valence-electron chi connectivity index (χ2n) is 5.51. The molecular weight excluding hydrogens is 358 g/mol. The molecule has 0 saturated carbocycles. The molecule has 1 aromatic carbocycles. The van der Waals surface area contributed by atoms with Gasteiger partial charge >= 0.3 is 0 Å². The monoisotopic (exact) mass is 375 g/mol. The van der Waals surface area contributed by atoms with E-state index in [1.807, 2.05) is 6.07 Å². The van der Waals surface area contributed by atoms with Gasteiger partial charge in [0.1, 0.15) is 5.76 Å². The van der Waals surface area contributed by atoms with Crippen molar-refractivity contribution in [3.63, 3.8) is 0 Å². The largest absolute Gasteiger partial charge is 0.466 e. The van der Waals surface area contributed by atoms with Gasteiger partial charge in [-0.15, -0.1) is 0 Å². The lowest BCUT2D eigenvalue weighted by atomic mass is 10.1.